The van der Waals surface area contributed by atoms with E-state index in [1.807, 2.05) is 0 Å². The molecule has 1 atom stereocenters. The van der Waals surface area contributed by atoms with Crippen molar-refractivity contribution in [2.24, 2.45) is 5.73 Å². The highest BCUT2D eigenvalue weighted by Gasteiger charge is 2.37. The topological polar surface area (TPSA) is 92.5 Å². The van der Waals surface area contributed by atoms with Crippen LogP contribution in [-0.2, 0) is 9.59 Å². The Hall–Kier alpha value is -2.84. The number of anilines is 1. The molecule has 2 amide bonds. The average molecular weight is 355 g/mol. The van der Waals surface area contributed by atoms with Crippen LogP contribution in [-0.4, -0.2) is 41.3 Å². The number of halogens is 3. The summed E-state index contributed by atoms with van der Waals surface area (Å²) in [6, 6.07) is 5.23. The monoisotopic (exact) mass is 355 g/mol. The molecule has 0 spiro atoms. The van der Waals surface area contributed by atoms with Crippen molar-refractivity contribution >= 4 is 23.3 Å². The molecule has 1 aromatic rings. The van der Waals surface area contributed by atoms with Gasteiger partial charge in [0.05, 0.1) is 0 Å². The molecule has 0 aliphatic carbocycles. The molecular formula is C16H16F3N3O3. The first-order valence-electron chi connectivity index (χ1n) is 7.44. The smallest absolute Gasteiger partial charge is 0.366 e. The summed E-state index contributed by atoms with van der Waals surface area (Å²) in [4.78, 5) is 35.6. The first-order chi connectivity index (χ1) is 11.7. The Labute approximate surface area is 141 Å². The first-order valence-corrected chi connectivity index (χ1v) is 7.44. The molecule has 0 aromatic heterocycles. The minimum atomic E-state index is -4.93. The van der Waals surface area contributed by atoms with Gasteiger partial charge in [0.25, 0.3) is 5.78 Å². The number of amides is 2. The maximum absolute atomic E-state index is 12.3. The highest BCUT2D eigenvalue weighted by atomic mass is 19.4. The number of primary amides is 1. The van der Waals surface area contributed by atoms with Crippen molar-refractivity contribution in [2.75, 3.05) is 11.9 Å². The summed E-state index contributed by atoms with van der Waals surface area (Å²) in [5.74, 6) is -2.98. The van der Waals surface area contributed by atoms with Crippen LogP contribution in [0.25, 0.3) is 0 Å². The molecule has 3 N–H and O–H groups in total. The lowest BCUT2D eigenvalue weighted by Crippen LogP contribution is -2.36. The van der Waals surface area contributed by atoms with E-state index in [-0.39, 0.29) is 5.56 Å². The number of likely N-dealkylation sites (tertiary alicyclic amines) is 1. The van der Waals surface area contributed by atoms with E-state index in [0.29, 0.717) is 31.1 Å². The van der Waals surface area contributed by atoms with E-state index in [0.717, 1.165) is 6.20 Å². The number of alkyl halides is 3. The minimum Gasteiger partial charge on any atom is -0.366 e. The Balaban J connectivity index is 2.01. The lowest BCUT2D eigenvalue weighted by atomic mass is 10.1. The first kappa shape index (κ1) is 18.5. The van der Waals surface area contributed by atoms with Crippen molar-refractivity contribution < 1.29 is 27.6 Å². The Morgan fingerprint density at radius 1 is 1.20 bits per heavy atom. The van der Waals surface area contributed by atoms with Gasteiger partial charge in [0.2, 0.25) is 11.8 Å². The van der Waals surface area contributed by atoms with Gasteiger partial charge in [0, 0.05) is 30.1 Å². The Bertz CT molecular complexity index is 699. The molecule has 1 aliphatic heterocycles. The van der Waals surface area contributed by atoms with Crippen molar-refractivity contribution in [1.82, 2.24) is 4.90 Å². The van der Waals surface area contributed by atoms with Crippen molar-refractivity contribution in [1.29, 1.82) is 0 Å². The van der Waals surface area contributed by atoms with Crippen molar-refractivity contribution in [3.8, 4) is 0 Å². The van der Waals surface area contributed by atoms with Crippen molar-refractivity contribution in [3.05, 3.63) is 42.1 Å². The highest BCUT2D eigenvalue weighted by molar-refractivity contribution is 5.97. The molecule has 1 heterocycles. The zero-order valence-electron chi connectivity index (χ0n) is 13.0. The third kappa shape index (κ3) is 4.82. The van der Waals surface area contributed by atoms with Crippen LogP contribution in [0.2, 0.25) is 0 Å². The third-order valence-corrected chi connectivity index (χ3v) is 3.73. The molecular weight excluding hydrogens is 339 g/mol. The summed E-state index contributed by atoms with van der Waals surface area (Å²) < 4.78 is 36.7. The Morgan fingerprint density at radius 2 is 1.84 bits per heavy atom. The molecule has 2 rings (SSSR count). The number of nitrogens with one attached hydrogen (secondary N) is 1. The number of rotatable bonds is 5. The Kier molecular flexibility index (Phi) is 5.45. The minimum absolute atomic E-state index is 0.286. The number of carbonyl (C=O) groups excluding carboxylic acids is 3. The fraction of sp³-hybridized carbons (Fsp3) is 0.312. The van der Waals surface area contributed by atoms with Crippen LogP contribution in [0.4, 0.5) is 18.9 Å². The summed E-state index contributed by atoms with van der Waals surface area (Å²) in [6.07, 6.45) is -2.44. The molecule has 0 bridgehead atoms. The second-order valence-electron chi connectivity index (χ2n) is 5.50. The van der Waals surface area contributed by atoms with Gasteiger partial charge in [-0.1, -0.05) is 0 Å². The number of benzene rings is 1. The van der Waals surface area contributed by atoms with Gasteiger partial charge in [-0.2, -0.15) is 13.2 Å². The van der Waals surface area contributed by atoms with Crippen molar-refractivity contribution in [2.45, 2.75) is 25.1 Å². The quantitative estimate of drug-likeness (QED) is 0.788. The molecule has 0 radical (unpaired) electrons. The van der Waals surface area contributed by atoms with Gasteiger partial charge in [-0.05, 0) is 37.1 Å². The van der Waals surface area contributed by atoms with Gasteiger partial charge in [0.15, 0.2) is 0 Å². The molecule has 25 heavy (non-hydrogen) atoms. The number of nitrogens with two attached hydrogens (primary N) is 1. The van der Waals surface area contributed by atoms with Crippen LogP contribution in [0.3, 0.4) is 0 Å². The number of hydrogen-bond acceptors (Lipinski definition) is 4. The number of allylic oxidation sites excluding steroid dienone is 1. The SMILES string of the molecule is NC(=O)c1ccc(NC(=O)C2CCCN2C=CC(=O)C(F)(F)F)cc1. The summed E-state index contributed by atoms with van der Waals surface area (Å²) in [5, 5.41) is 2.62. The molecule has 9 heteroatoms. The molecule has 1 unspecified atom stereocenters. The van der Waals surface area contributed by atoms with E-state index in [1.54, 1.807) is 0 Å². The van der Waals surface area contributed by atoms with Gasteiger partial charge in [-0.25, -0.2) is 0 Å². The zero-order chi connectivity index (χ0) is 18.6. The molecule has 134 valence electrons. The second kappa shape index (κ2) is 7.37. The Morgan fingerprint density at radius 3 is 2.40 bits per heavy atom. The van der Waals surface area contributed by atoms with E-state index < -0.39 is 29.8 Å². The summed E-state index contributed by atoms with van der Waals surface area (Å²) >= 11 is 0. The maximum atomic E-state index is 12.3. The third-order valence-electron chi connectivity index (χ3n) is 3.73. The fourth-order valence-corrected chi connectivity index (χ4v) is 2.45. The van der Waals surface area contributed by atoms with Gasteiger partial charge in [-0.3, -0.25) is 14.4 Å². The van der Waals surface area contributed by atoms with Crippen LogP contribution < -0.4 is 11.1 Å². The molecule has 0 saturated carbocycles. The summed E-state index contributed by atoms with van der Waals surface area (Å²) in [5.41, 5.74) is 5.84. The molecule has 1 saturated heterocycles. The van der Waals surface area contributed by atoms with Crippen LogP contribution in [0.1, 0.15) is 23.2 Å². The van der Waals surface area contributed by atoms with Crippen LogP contribution in [0.5, 0.6) is 0 Å². The molecule has 1 fully saturated rings. The van der Waals surface area contributed by atoms with Gasteiger partial charge < -0.3 is 16.0 Å². The van der Waals surface area contributed by atoms with Gasteiger partial charge in [-0.15, -0.1) is 0 Å². The molecule has 6 nitrogen and oxygen atoms in total. The zero-order valence-corrected chi connectivity index (χ0v) is 13.0. The number of carbonyl (C=O) groups is 3. The van der Waals surface area contributed by atoms with Crippen LogP contribution in [0, 0.1) is 0 Å². The highest BCUT2D eigenvalue weighted by Crippen LogP contribution is 2.21. The van der Waals surface area contributed by atoms with Gasteiger partial charge >= 0.3 is 6.18 Å². The largest absolute Gasteiger partial charge is 0.454 e. The fourth-order valence-electron chi connectivity index (χ4n) is 2.45. The van der Waals surface area contributed by atoms with Crippen LogP contribution in [0.15, 0.2) is 36.5 Å². The average Bonchev–Trinajstić information content (AvgIpc) is 3.00. The van der Waals surface area contributed by atoms with E-state index in [2.05, 4.69) is 5.32 Å². The van der Waals surface area contributed by atoms with E-state index in [4.69, 9.17) is 5.73 Å². The predicted octanol–water partition coefficient (Wildman–Crippen LogP) is 1.83. The van der Waals surface area contributed by atoms with Crippen molar-refractivity contribution in [3.63, 3.8) is 0 Å². The predicted molar refractivity (Wildman–Crippen MR) is 83.5 cm³/mol. The van der Waals surface area contributed by atoms with E-state index >= 15 is 0 Å². The number of ketones is 1. The van der Waals surface area contributed by atoms with Crippen LogP contribution >= 0.6 is 0 Å². The normalized spacial score (nSPS) is 17.7. The summed E-state index contributed by atoms with van der Waals surface area (Å²) in [7, 11) is 0. The molecule has 1 aliphatic rings. The lowest BCUT2D eigenvalue weighted by Gasteiger charge is -2.22. The van der Waals surface area contributed by atoms with E-state index in [1.165, 1.54) is 29.2 Å². The maximum Gasteiger partial charge on any atom is 0.454 e. The number of hydrogen-bond donors (Lipinski definition) is 2. The van der Waals surface area contributed by atoms with E-state index in [9.17, 15) is 27.6 Å². The lowest BCUT2D eigenvalue weighted by molar-refractivity contribution is -0.165. The molecule has 1 aromatic carbocycles. The summed E-state index contributed by atoms with van der Waals surface area (Å²) in [6.45, 7) is 0.375. The second-order valence-corrected chi connectivity index (χ2v) is 5.50. The number of nitrogens with zero attached hydrogens (tertiary/aromatic N) is 1. The van der Waals surface area contributed by atoms with Gasteiger partial charge in [0.1, 0.15) is 6.04 Å². The standard InChI is InChI=1S/C16H16F3N3O3/c17-16(18,19)13(23)7-9-22-8-1-2-12(22)15(25)21-11-5-3-10(4-6-11)14(20)24/h3-7,9,12H,1-2,8H2,(H2,20,24)(H,21,25).